The van der Waals surface area contributed by atoms with Gasteiger partial charge in [0.2, 0.25) is 5.91 Å². The van der Waals surface area contributed by atoms with Gasteiger partial charge in [-0.2, -0.15) is 0 Å². The summed E-state index contributed by atoms with van der Waals surface area (Å²) in [4.78, 5) is 15.1. The highest BCUT2D eigenvalue weighted by molar-refractivity contribution is 5.85. The number of piperidine rings is 1. The average Bonchev–Trinajstić information content (AvgIpc) is 3.32. The number of halogens is 1. The van der Waals surface area contributed by atoms with E-state index in [0.29, 0.717) is 31.0 Å². The summed E-state index contributed by atoms with van der Waals surface area (Å²) in [6.45, 7) is 6.24. The Morgan fingerprint density at radius 1 is 1.24 bits per heavy atom. The van der Waals surface area contributed by atoms with E-state index in [-0.39, 0.29) is 18.3 Å². The summed E-state index contributed by atoms with van der Waals surface area (Å²) in [7, 11) is 1.70. The van der Waals surface area contributed by atoms with E-state index in [1.165, 1.54) is 11.1 Å². The van der Waals surface area contributed by atoms with E-state index >= 15 is 0 Å². The molecule has 1 aliphatic heterocycles. The fraction of sp³-hybridized carbons (Fsp3) is 0.650. The van der Waals surface area contributed by atoms with Crippen molar-refractivity contribution in [2.45, 2.75) is 39.2 Å². The molecule has 25 heavy (non-hydrogen) atoms. The second-order valence-corrected chi connectivity index (χ2v) is 7.29. The Morgan fingerprint density at radius 3 is 2.48 bits per heavy atom. The molecule has 0 radical (unpaired) electrons. The van der Waals surface area contributed by atoms with Crippen LogP contribution in [0.2, 0.25) is 0 Å². The van der Waals surface area contributed by atoms with Crippen molar-refractivity contribution in [3.63, 3.8) is 0 Å². The SMILES string of the molecule is CCc1ccc(CN(CCOC)C(=O)C2CC23CCNCC3)cc1.Cl. The van der Waals surface area contributed by atoms with Gasteiger partial charge in [-0.25, -0.2) is 0 Å². The maximum Gasteiger partial charge on any atom is 0.226 e. The van der Waals surface area contributed by atoms with Gasteiger partial charge in [-0.05, 0) is 55.3 Å². The molecule has 1 spiro atoms. The Kier molecular flexibility index (Phi) is 7.29. The van der Waals surface area contributed by atoms with Gasteiger partial charge in [-0.15, -0.1) is 12.4 Å². The molecule has 0 bridgehead atoms. The largest absolute Gasteiger partial charge is 0.383 e. The molecule has 4 nitrogen and oxygen atoms in total. The van der Waals surface area contributed by atoms with E-state index in [1.807, 2.05) is 4.90 Å². The van der Waals surface area contributed by atoms with Crippen LogP contribution in [0.3, 0.4) is 0 Å². The number of hydrogen-bond acceptors (Lipinski definition) is 3. The van der Waals surface area contributed by atoms with Gasteiger partial charge in [0, 0.05) is 26.1 Å². The fourth-order valence-corrected chi connectivity index (χ4v) is 3.96. The third kappa shape index (κ3) is 4.75. The van der Waals surface area contributed by atoms with Crippen molar-refractivity contribution < 1.29 is 9.53 Å². The number of aryl methyl sites for hydroxylation is 1. The van der Waals surface area contributed by atoms with Crippen LogP contribution in [0.4, 0.5) is 0 Å². The number of amides is 1. The second kappa shape index (κ2) is 9.02. The highest BCUT2D eigenvalue weighted by Gasteiger charge is 2.58. The minimum Gasteiger partial charge on any atom is -0.383 e. The second-order valence-electron chi connectivity index (χ2n) is 7.29. The molecule has 3 rings (SSSR count). The van der Waals surface area contributed by atoms with E-state index in [9.17, 15) is 4.79 Å². The molecule has 1 aliphatic carbocycles. The van der Waals surface area contributed by atoms with Crippen molar-refractivity contribution in [2.24, 2.45) is 11.3 Å². The average molecular weight is 367 g/mol. The fourth-order valence-electron chi connectivity index (χ4n) is 3.96. The Balaban J connectivity index is 0.00000225. The van der Waals surface area contributed by atoms with Crippen LogP contribution in [0.5, 0.6) is 0 Å². The molecule has 140 valence electrons. The lowest BCUT2D eigenvalue weighted by Gasteiger charge is -2.27. The Labute approximate surface area is 157 Å². The molecule has 5 heteroatoms. The van der Waals surface area contributed by atoms with Crippen LogP contribution in [0.25, 0.3) is 0 Å². The van der Waals surface area contributed by atoms with Crippen molar-refractivity contribution in [1.82, 2.24) is 10.2 Å². The summed E-state index contributed by atoms with van der Waals surface area (Å²) in [5.74, 6) is 0.555. The van der Waals surface area contributed by atoms with E-state index in [0.717, 1.165) is 38.8 Å². The first-order valence-corrected chi connectivity index (χ1v) is 9.25. The minimum atomic E-state index is 0. The summed E-state index contributed by atoms with van der Waals surface area (Å²) < 4.78 is 5.23. The third-order valence-corrected chi connectivity index (χ3v) is 5.77. The number of nitrogens with zero attached hydrogens (tertiary/aromatic N) is 1. The molecule has 1 unspecified atom stereocenters. The van der Waals surface area contributed by atoms with Crippen LogP contribution in [-0.2, 0) is 22.5 Å². The third-order valence-electron chi connectivity index (χ3n) is 5.77. The molecule has 1 atom stereocenters. The molecule has 1 saturated carbocycles. The zero-order valence-corrected chi connectivity index (χ0v) is 16.2. The van der Waals surface area contributed by atoms with Crippen molar-refractivity contribution in [3.05, 3.63) is 35.4 Å². The summed E-state index contributed by atoms with van der Waals surface area (Å²) in [5, 5.41) is 3.41. The van der Waals surface area contributed by atoms with Crippen molar-refractivity contribution in [1.29, 1.82) is 0 Å². The van der Waals surface area contributed by atoms with Crippen LogP contribution in [0.15, 0.2) is 24.3 Å². The summed E-state index contributed by atoms with van der Waals surface area (Å²) in [6.07, 6.45) is 4.41. The van der Waals surface area contributed by atoms with Gasteiger partial charge in [0.15, 0.2) is 0 Å². The Hall–Kier alpha value is -1.10. The van der Waals surface area contributed by atoms with Crippen LogP contribution in [0, 0.1) is 11.3 Å². The van der Waals surface area contributed by atoms with E-state index in [4.69, 9.17) is 4.74 Å². The maximum absolute atomic E-state index is 13.1. The number of nitrogens with one attached hydrogen (secondary N) is 1. The van der Waals surface area contributed by atoms with Gasteiger partial charge >= 0.3 is 0 Å². The van der Waals surface area contributed by atoms with Crippen molar-refractivity contribution in [2.75, 3.05) is 33.4 Å². The van der Waals surface area contributed by atoms with Gasteiger partial charge < -0.3 is 15.0 Å². The lowest BCUT2D eigenvalue weighted by atomic mass is 9.91. The lowest BCUT2D eigenvalue weighted by Crippen LogP contribution is -2.37. The first-order chi connectivity index (χ1) is 11.7. The summed E-state index contributed by atoms with van der Waals surface area (Å²) in [6, 6.07) is 8.64. The number of carbonyl (C=O) groups is 1. The van der Waals surface area contributed by atoms with E-state index in [1.54, 1.807) is 7.11 Å². The predicted octanol–water partition coefficient (Wildman–Crippen LogP) is 3.04. The number of rotatable bonds is 7. The smallest absolute Gasteiger partial charge is 0.226 e. The van der Waals surface area contributed by atoms with Gasteiger partial charge in [0.25, 0.3) is 0 Å². The van der Waals surface area contributed by atoms with Gasteiger partial charge in [-0.1, -0.05) is 31.2 Å². The van der Waals surface area contributed by atoms with Crippen LogP contribution in [-0.4, -0.2) is 44.2 Å². The van der Waals surface area contributed by atoms with Crippen LogP contribution in [0.1, 0.15) is 37.3 Å². The van der Waals surface area contributed by atoms with E-state index < -0.39 is 0 Å². The molecule has 2 aliphatic rings. The van der Waals surface area contributed by atoms with Crippen molar-refractivity contribution in [3.8, 4) is 0 Å². The number of ether oxygens (including phenoxy) is 1. The van der Waals surface area contributed by atoms with Crippen LogP contribution >= 0.6 is 12.4 Å². The highest BCUT2D eigenvalue weighted by Crippen LogP contribution is 2.59. The number of carbonyl (C=O) groups excluding carboxylic acids is 1. The number of hydrogen-bond donors (Lipinski definition) is 1. The molecule has 1 aromatic rings. The molecule has 1 aromatic carbocycles. The Morgan fingerprint density at radius 2 is 1.88 bits per heavy atom. The number of methoxy groups -OCH3 is 1. The first-order valence-electron chi connectivity index (χ1n) is 9.25. The van der Waals surface area contributed by atoms with Gasteiger partial charge in [-0.3, -0.25) is 4.79 Å². The topological polar surface area (TPSA) is 41.6 Å². The van der Waals surface area contributed by atoms with Gasteiger partial charge in [0.05, 0.1) is 6.61 Å². The summed E-state index contributed by atoms with van der Waals surface area (Å²) in [5.41, 5.74) is 2.83. The highest BCUT2D eigenvalue weighted by atomic mass is 35.5. The monoisotopic (exact) mass is 366 g/mol. The minimum absolute atomic E-state index is 0. The normalized spacial score (nSPS) is 20.8. The molecule has 2 fully saturated rings. The molecular formula is C20H31ClN2O2. The standard InChI is InChI=1S/C20H30N2O2.ClH/c1-3-16-4-6-17(7-5-16)15-22(12-13-24-2)19(23)18-14-20(18)8-10-21-11-9-20;/h4-7,18,21H,3,8-15H2,1-2H3;1H. The quantitative estimate of drug-likeness (QED) is 0.806. The molecule has 1 heterocycles. The molecule has 1 saturated heterocycles. The maximum atomic E-state index is 13.1. The van der Waals surface area contributed by atoms with Crippen molar-refractivity contribution >= 4 is 18.3 Å². The summed E-state index contributed by atoms with van der Waals surface area (Å²) >= 11 is 0. The molecule has 1 N–H and O–H groups in total. The molecular weight excluding hydrogens is 336 g/mol. The predicted molar refractivity (Wildman–Crippen MR) is 103 cm³/mol. The molecule has 1 amide bonds. The molecule has 0 aromatic heterocycles. The lowest BCUT2D eigenvalue weighted by molar-refractivity contribution is -0.135. The number of benzene rings is 1. The zero-order valence-electron chi connectivity index (χ0n) is 15.4. The van der Waals surface area contributed by atoms with Crippen LogP contribution < -0.4 is 5.32 Å². The Bertz CT molecular complexity index is 555. The zero-order chi connectivity index (χ0) is 17.0. The van der Waals surface area contributed by atoms with E-state index in [2.05, 4.69) is 36.5 Å². The van der Waals surface area contributed by atoms with Gasteiger partial charge in [0.1, 0.15) is 0 Å². The first kappa shape index (κ1) is 20.2.